The first-order chi connectivity index (χ1) is 14.8. The van der Waals surface area contributed by atoms with Crippen LogP contribution in [0, 0.1) is 11.3 Å². The Morgan fingerprint density at radius 3 is 2.61 bits per heavy atom. The average Bonchev–Trinajstić information content (AvgIpc) is 2.74. The highest BCUT2D eigenvalue weighted by Crippen LogP contribution is 2.29. The van der Waals surface area contributed by atoms with Crippen LogP contribution in [0.3, 0.4) is 0 Å². The van der Waals surface area contributed by atoms with Gasteiger partial charge in [0.1, 0.15) is 6.54 Å². The minimum Gasteiger partial charge on any atom is -0.360 e. The zero-order chi connectivity index (χ0) is 22.4. The van der Waals surface area contributed by atoms with E-state index in [1.165, 1.54) is 0 Å². The summed E-state index contributed by atoms with van der Waals surface area (Å²) in [6.45, 7) is 1.03. The predicted octanol–water partition coefficient (Wildman–Crippen LogP) is 4.31. The Hall–Kier alpha value is -3.08. The zero-order valence-corrected chi connectivity index (χ0v) is 17.4. The van der Waals surface area contributed by atoms with E-state index >= 15 is 0 Å². The molecular formula is C23H25F3N4O. The number of piperazine rings is 1. The summed E-state index contributed by atoms with van der Waals surface area (Å²) in [7, 11) is 0. The molecule has 1 aromatic carbocycles. The number of amides is 1. The number of alkyl halides is 3. The lowest BCUT2D eigenvalue weighted by Crippen LogP contribution is -2.58. The number of aromatic nitrogens is 1. The number of unbranched alkanes of at least 4 members (excludes halogenated alkanes) is 1. The summed E-state index contributed by atoms with van der Waals surface area (Å²) in [5.41, 5.74) is 3.25. The Labute approximate surface area is 180 Å². The van der Waals surface area contributed by atoms with Crippen LogP contribution in [0.15, 0.2) is 42.7 Å². The molecule has 1 aromatic heterocycles. The lowest BCUT2D eigenvalue weighted by Gasteiger charge is -2.43. The SMILES string of the molecule is CCCC[C@H]1CN(c2ccncc2Cc2ccc(C#N)cc2)CC(=O)N1CC(F)(F)F. The molecule has 1 fully saturated rings. The molecule has 2 heterocycles. The van der Waals surface area contributed by atoms with Gasteiger partial charge < -0.3 is 9.80 Å². The molecule has 1 amide bonds. The van der Waals surface area contributed by atoms with E-state index in [4.69, 9.17) is 5.26 Å². The van der Waals surface area contributed by atoms with Crippen molar-refractivity contribution in [1.29, 1.82) is 5.26 Å². The summed E-state index contributed by atoms with van der Waals surface area (Å²) in [5, 5.41) is 8.96. The zero-order valence-electron chi connectivity index (χ0n) is 17.4. The van der Waals surface area contributed by atoms with Crippen molar-refractivity contribution in [3.8, 4) is 6.07 Å². The van der Waals surface area contributed by atoms with Gasteiger partial charge in [-0.25, -0.2) is 0 Å². The van der Waals surface area contributed by atoms with Gasteiger partial charge in [0.2, 0.25) is 5.91 Å². The number of hydrogen-bond donors (Lipinski definition) is 0. The molecule has 164 valence electrons. The molecule has 3 rings (SSSR count). The maximum atomic E-state index is 13.1. The van der Waals surface area contributed by atoms with Crippen LogP contribution in [-0.4, -0.2) is 47.6 Å². The molecular weight excluding hydrogens is 405 g/mol. The minimum atomic E-state index is -4.42. The van der Waals surface area contributed by atoms with E-state index in [-0.39, 0.29) is 6.54 Å². The fourth-order valence-electron chi connectivity index (χ4n) is 3.94. The smallest absolute Gasteiger partial charge is 0.360 e. The molecule has 5 nitrogen and oxygen atoms in total. The maximum absolute atomic E-state index is 13.1. The summed E-state index contributed by atoms with van der Waals surface area (Å²) in [6.07, 6.45) is 1.63. The normalized spacial score (nSPS) is 17.0. The number of benzene rings is 1. The predicted molar refractivity (Wildman–Crippen MR) is 111 cm³/mol. The Morgan fingerprint density at radius 2 is 1.97 bits per heavy atom. The van der Waals surface area contributed by atoms with Gasteiger partial charge in [0, 0.05) is 37.1 Å². The molecule has 2 aromatic rings. The molecule has 0 unspecified atom stereocenters. The van der Waals surface area contributed by atoms with E-state index in [2.05, 4.69) is 11.1 Å². The first-order valence-corrected chi connectivity index (χ1v) is 10.3. The largest absolute Gasteiger partial charge is 0.406 e. The van der Waals surface area contributed by atoms with Gasteiger partial charge >= 0.3 is 6.18 Å². The van der Waals surface area contributed by atoms with Crippen molar-refractivity contribution in [3.63, 3.8) is 0 Å². The van der Waals surface area contributed by atoms with Gasteiger partial charge in [0.15, 0.2) is 0 Å². The number of pyridine rings is 1. The second-order valence-corrected chi connectivity index (χ2v) is 7.80. The topological polar surface area (TPSA) is 60.2 Å². The second kappa shape index (κ2) is 9.82. The number of hydrogen-bond acceptors (Lipinski definition) is 4. The summed E-state index contributed by atoms with van der Waals surface area (Å²) < 4.78 is 39.2. The lowest BCUT2D eigenvalue weighted by atomic mass is 10.0. The van der Waals surface area contributed by atoms with Gasteiger partial charge in [-0.05, 0) is 35.7 Å². The molecule has 0 bridgehead atoms. The highest BCUT2D eigenvalue weighted by Gasteiger charge is 2.40. The second-order valence-electron chi connectivity index (χ2n) is 7.80. The first-order valence-electron chi connectivity index (χ1n) is 10.3. The highest BCUT2D eigenvalue weighted by molar-refractivity contribution is 5.83. The van der Waals surface area contributed by atoms with Gasteiger partial charge in [0.05, 0.1) is 18.2 Å². The Bertz CT molecular complexity index is 937. The quantitative estimate of drug-likeness (QED) is 0.657. The average molecular weight is 430 g/mol. The Morgan fingerprint density at radius 1 is 1.23 bits per heavy atom. The minimum absolute atomic E-state index is 0.0942. The van der Waals surface area contributed by atoms with Gasteiger partial charge in [-0.2, -0.15) is 18.4 Å². The van der Waals surface area contributed by atoms with Crippen molar-refractivity contribution in [2.75, 3.05) is 24.5 Å². The third-order valence-corrected chi connectivity index (χ3v) is 5.46. The van der Waals surface area contributed by atoms with Crippen LogP contribution >= 0.6 is 0 Å². The van der Waals surface area contributed by atoms with Gasteiger partial charge in [-0.3, -0.25) is 9.78 Å². The fraction of sp³-hybridized carbons (Fsp3) is 0.435. The number of anilines is 1. The van der Waals surface area contributed by atoms with Gasteiger partial charge in [-0.15, -0.1) is 0 Å². The molecule has 1 aliphatic heterocycles. The number of carbonyl (C=O) groups is 1. The summed E-state index contributed by atoms with van der Waals surface area (Å²) >= 11 is 0. The number of rotatable bonds is 7. The molecule has 0 aliphatic carbocycles. The third kappa shape index (κ3) is 5.97. The van der Waals surface area contributed by atoms with E-state index in [0.717, 1.165) is 34.6 Å². The third-order valence-electron chi connectivity index (χ3n) is 5.46. The van der Waals surface area contributed by atoms with E-state index in [1.54, 1.807) is 24.5 Å². The Balaban J connectivity index is 1.83. The van der Waals surface area contributed by atoms with Crippen LogP contribution in [0.4, 0.5) is 18.9 Å². The van der Waals surface area contributed by atoms with Crippen molar-refractivity contribution in [1.82, 2.24) is 9.88 Å². The summed E-state index contributed by atoms with van der Waals surface area (Å²) in [6, 6.07) is 10.6. The van der Waals surface area contributed by atoms with E-state index in [1.807, 2.05) is 30.0 Å². The molecule has 31 heavy (non-hydrogen) atoms. The maximum Gasteiger partial charge on any atom is 0.406 e. The molecule has 8 heteroatoms. The monoisotopic (exact) mass is 430 g/mol. The van der Waals surface area contributed by atoms with Crippen molar-refractivity contribution >= 4 is 11.6 Å². The molecule has 1 aliphatic rings. The highest BCUT2D eigenvalue weighted by atomic mass is 19.4. The van der Waals surface area contributed by atoms with Crippen molar-refractivity contribution in [3.05, 3.63) is 59.4 Å². The van der Waals surface area contributed by atoms with Crippen LogP contribution in [0.5, 0.6) is 0 Å². The van der Waals surface area contributed by atoms with E-state index in [9.17, 15) is 18.0 Å². The molecule has 0 saturated carbocycles. The number of nitriles is 1. The van der Waals surface area contributed by atoms with Crippen LogP contribution < -0.4 is 4.90 Å². The Kier molecular flexibility index (Phi) is 7.16. The fourth-order valence-corrected chi connectivity index (χ4v) is 3.94. The van der Waals surface area contributed by atoms with Gasteiger partial charge in [0.25, 0.3) is 0 Å². The van der Waals surface area contributed by atoms with Crippen LogP contribution in [0.1, 0.15) is 42.9 Å². The summed E-state index contributed by atoms with van der Waals surface area (Å²) in [4.78, 5) is 19.8. The van der Waals surface area contributed by atoms with Crippen molar-refractivity contribution < 1.29 is 18.0 Å². The molecule has 1 saturated heterocycles. The number of halogens is 3. The number of carbonyl (C=O) groups excluding carboxylic acids is 1. The standard InChI is InChI=1S/C23H25F3N4O/c1-2-3-4-20-14-29(15-22(31)30(20)16-23(24,25)26)21-9-10-28-13-19(21)11-17-5-7-18(12-27)8-6-17/h5-10,13,20H,2-4,11,14-16H2,1H3/t20-/m0/s1. The van der Waals surface area contributed by atoms with Crippen LogP contribution in [0.25, 0.3) is 0 Å². The molecule has 0 radical (unpaired) electrons. The molecule has 0 N–H and O–H groups in total. The number of nitrogens with zero attached hydrogens (tertiary/aromatic N) is 4. The van der Waals surface area contributed by atoms with Crippen LogP contribution in [0.2, 0.25) is 0 Å². The van der Waals surface area contributed by atoms with E-state index in [0.29, 0.717) is 24.9 Å². The molecule has 1 atom stereocenters. The van der Waals surface area contributed by atoms with Crippen LogP contribution in [-0.2, 0) is 11.2 Å². The van der Waals surface area contributed by atoms with Crippen molar-refractivity contribution in [2.24, 2.45) is 0 Å². The molecule has 0 spiro atoms. The van der Waals surface area contributed by atoms with Crippen molar-refractivity contribution in [2.45, 2.75) is 44.8 Å². The summed E-state index contributed by atoms with van der Waals surface area (Å²) in [5.74, 6) is -0.509. The lowest BCUT2D eigenvalue weighted by molar-refractivity contribution is -0.166. The van der Waals surface area contributed by atoms with Gasteiger partial charge in [-0.1, -0.05) is 31.9 Å². The first kappa shape index (κ1) is 22.6. The van der Waals surface area contributed by atoms with E-state index < -0.39 is 24.7 Å².